The number of hydrogen-bond donors (Lipinski definition) is 3. The van der Waals surface area contributed by atoms with Crippen molar-refractivity contribution in [2.75, 3.05) is 19.6 Å². The molecule has 1 heterocycles. The Morgan fingerprint density at radius 1 is 0.935 bits per heavy atom. The number of likely N-dealkylation sites (tertiary alicyclic amines) is 1. The van der Waals surface area contributed by atoms with Crippen LogP contribution in [-0.2, 0) is 32.2 Å². The van der Waals surface area contributed by atoms with E-state index in [1.54, 1.807) is 20.8 Å². The zero-order valence-corrected chi connectivity index (χ0v) is 25.3. The molecule has 1 aliphatic rings. The Morgan fingerprint density at radius 3 is 1.78 bits per heavy atom. The number of nitrogens with one attached hydrogen (secondary N) is 2. The lowest BCUT2D eigenvalue weighted by Gasteiger charge is -2.33. The minimum Gasteiger partial charge on any atom is -0.444 e. The van der Waals surface area contributed by atoms with Gasteiger partial charge in [-0.3, -0.25) is 25.6 Å². The van der Waals surface area contributed by atoms with Crippen molar-refractivity contribution in [2.45, 2.75) is 52.0 Å². The number of carbonyl (C=O) groups is 4. The maximum atomic E-state index is 14.0. The number of nitrogens with two attached hydrogens (primary N) is 1. The summed E-state index contributed by atoms with van der Waals surface area (Å²) in [7, 11) is 0. The van der Waals surface area contributed by atoms with Gasteiger partial charge in [-0.2, -0.15) is 9.59 Å². The summed E-state index contributed by atoms with van der Waals surface area (Å²) in [6, 6.07) is 8.80. The molecule has 3 rings (SSSR count). The molecule has 1 fully saturated rings. The fourth-order valence-corrected chi connectivity index (χ4v) is 4.55. The highest BCUT2D eigenvalue weighted by atomic mass is 16.6. The molecule has 246 valence electrons. The number of quaternary nitrogens is 1. The Bertz CT molecular complexity index is 1430. The number of imide groups is 3. The predicted molar refractivity (Wildman–Crippen MR) is 158 cm³/mol. The molecular formula is C28H34N7O11+. The average Bonchev–Trinajstić information content (AvgIpc) is 3.48. The molecule has 0 unspecified atom stereocenters. The quantitative estimate of drug-likeness (QED) is 0.0886. The smallest absolute Gasteiger partial charge is 0.444 e. The van der Waals surface area contributed by atoms with E-state index < -0.39 is 75.9 Å². The second kappa shape index (κ2) is 14.4. The first-order valence-electron chi connectivity index (χ1n) is 13.8. The summed E-state index contributed by atoms with van der Waals surface area (Å²) < 4.78 is 14.6. The summed E-state index contributed by atoms with van der Waals surface area (Å²) in [5, 5.41) is 31.8. The number of nitro benzene ring substituents is 2. The number of nitro groups is 2. The Kier molecular flexibility index (Phi) is 10.9. The van der Waals surface area contributed by atoms with E-state index in [1.807, 2.05) is 0 Å². The van der Waals surface area contributed by atoms with Crippen LogP contribution in [0.15, 0.2) is 48.5 Å². The summed E-state index contributed by atoms with van der Waals surface area (Å²) in [6.45, 7) is 2.88. The van der Waals surface area contributed by atoms with E-state index in [-0.39, 0.29) is 30.9 Å². The van der Waals surface area contributed by atoms with Crippen LogP contribution >= 0.6 is 0 Å². The van der Waals surface area contributed by atoms with E-state index in [0.29, 0.717) is 11.1 Å². The molecule has 18 nitrogen and oxygen atoms in total. The molecule has 2 aromatic rings. The maximum absolute atomic E-state index is 14.0. The Hall–Kier alpha value is -5.65. The lowest BCUT2D eigenvalue weighted by atomic mass is 10.1. The van der Waals surface area contributed by atoms with Crippen molar-refractivity contribution in [3.8, 4) is 0 Å². The van der Waals surface area contributed by atoms with Gasteiger partial charge in [0.15, 0.2) is 5.96 Å². The van der Waals surface area contributed by atoms with Crippen LogP contribution in [0.25, 0.3) is 0 Å². The van der Waals surface area contributed by atoms with Crippen molar-refractivity contribution >= 4 is 41.5 Å². The summed E-state index contributed by atoms with van der Waals surface area (Å²) in [4.78, 5) is 76.7. The molecule has 4 N–H and O–H groups in total. The van der Waals surface area contributed by atoms with E-state index in [2.05, 4.69) is 5.32 Å². The normalized spacial score (nSPS) is 14.6. The minimum absolute atomic E-state index is 0.00172. The molecule has 46 heavy (non-hydrogen) atoms. The fourth-order valence-electron chi connectivity index (χ4n) is 4.55. The van der Waals surface area contributed by atoms with Crippen LogP contribution in [0.4, 0.5) is 25.8 Å². The molecule has 18 heteroatoms. The third-order valence-electron chi connectivity index (χ3n) is 6.78. The molecule has 1 aliphatic heterocycles. The van der Waals surface area contributed by atoms with E-state index >= 15 is 0 Å². The molecule has 0 aliphatic carbocycles. The highest BCUT2D eigenvalue weighted by Gasteiger charge is 2.63. The average molecular weight is 645 g/mol. The number of non-ortho nitro benzene ring substituents is 2. The first-order chi connectivity index (χ1) is 21.5. The second-order valence-corrected chi connectivity index (χ2v) is 11.2. The van der Waals surface area contributed by atoms with Crippen LogP contribution in [0.5, 0.6) is 0 Å². The van der Waals surface area contributed by atoms with Gasteiger partial charge in [0.05, 0.1) is 16.4 Å². The maximum Gasteiger partial charge on any atom is 0.535 e. The highest BCUT2D eigenvalue weighted by molar-refractivity contribution is 5.95. The van der Waals surface area contributed by atoms with Gasteiger partial charge in [0.1, 0.15) is 31.4 Å². The number of hydrogen-bond acceptors (Lipinski definition) is 12. The van der Waals surface area contributed by atoms with Crippen molar-refractivity contribution in [1.82, 2.24) is 10.2 Å². The van der Waals surface area contributed by atoms with Crippen molar-refractivity contribution in [2.24, 2.45) is 5.73 Å². The first kappa shape index (κ1) is 34.8. The molecule has 0 saturated carbocycles. The van der Waals surface area contributed by atoms with Gasteiger partial charge in [0.2, 0.25) is 0 Å². The van der Waals surface area contributed by atoms with Crippen LogP contribution in [-0.4, -0.2) is 80.7 Å². The van der Waals surface area contributed by atoms with Crippen LogP contribution in [0.1, 0.15) is 38.3 Å². The minimum atomic E-state index is -1.71. The van der Waals surface area contributed by atoms with Crippen molar-refractivity contribution in [3.05, 3.63) is 79.9 Å². The van der Waals surface area contributed by atoms with Crippen LogP contribution in [0, 0.1) is 25.6 Å². The van der Waals surface area contributed by atoms with Gasteiger partial charge in [-0.15, -0.1) is 0 Å². The summed E-state index contributed by atoms with van der Waals surface area (Å²) in [5.74, 6) is -1.75. The van der Waals surface area contributed by atoms with Crippen molar-refractivity contribution in [1.29, 1.82) is 5.41 Å². The number of benzene rings is 2. The number of ether oxygens (including phenoxy) is 3. The summed E-state index contributed by atoms with van der Waals surface area (Å²) in [5.41, 5.74) is 4.67. The number of rotatable bonds is 9. The Labute approximate surface area is 262 Å². The Balaban J connectivity index is 1.99. The van der Waals surface area contributed by atoms with Gasteiger partial charge in [-0.25, -0.2) is 9.59 Å². The zero-order valence-electron chi connectivity index (χ0n) is 25.3. The third-order valence-corrected chi connectivity index (χ3v) is 6.78. The summed E-state index contributed by atoms with van der Waals surface area (Å²) in [6.07, 6.45) is -3.55. The second-order valence-electron chi connectivity index (χ2n) is 11.2. The van der Waals surface area contributed by atoms with Gasteiger partial charge in [0.25, 0.3) is 11.4 Å². The van der Waals surface area contributed by atoms with E-state index in [1.165, 1.54) is 53.4 Å². The molecule has 0 aromatic heterocycles. The van der Waals surface area contributed by atoms with Gasteiger partial charge in [-0.1, -0.05) is 4.48 Å². The van der Waals surface area contributed by atoms with Gasteiger partial charge in [0, 0.05) is 37.2 Å². The lowest BCUT2D eigenvalue weighted by molar-refractivity contribution is -0.736. The predicted octanol–water partition coefficient (Wildman–Crippen LogP) is 3.31. The molecule has 0 radical (unpaired) electrons. The number of carbonyl (C=O) groups excluding carboxylic acids is 4. The lowest BCUT2D eigenvalue weighted by Crippen LogP contribution is -2.69. The largest absolute Gasteiger partial charge is 0.535 e. The highest BCUT2D eigenvalue weighted by Crippen LogP contribution is 2.30. The third kappa shape index (κ3) is 8.50. The SMILES string of the molecule is CC(C)(C)OC(=O)N1CC[C@H]([N+](C(=O)CNC(=N)N)(C(=O)OCc2ccc([N+](=O)[O-])cc2)C(=O)OCc2ccc([N+](=O)[O-])cc2)C1. The monoisotopic (exact) mass is 644 g/mol. The number of guanidine groups is 1. The van der Waals surface area contributed by atoms with Crippen LogP contribution < -0.4 is 11.1 Å². The van der Waals surface area contributed by atoms with E-state index in [4.69, 9.17) is 25.4 Å². The van der Waals surface area contributed by atoms with E-state index in [9.17, 15) is 39.4 Å². The van der Waals surface area contributed by atoms with Gasteiger partial charge >= 0.3 is 24.2 Å². The number of amides is 4. The molecular weight excluding hydrogens is 610 g/mol. The molecule has 2 aromatic carbocycles. The molecule has 1 atom stereocenters. The summed E-state index contributed by atoms with van der Waals surface area (Å²) >= 11 is 0. The van der Waals surface area contributed by atoms with E-state index in [0.717, 1.165) is 0 Å². The van der Waals surface area contributed by atoms with Gasteiger partial charge in [-0.05, 0) is 56.2 Å². The fraction of sp³-hybridized carbons (Fsp3) is 0.393. The topological polar surface area (TPSA) is 247 Å². The molecule has 0 bridgehead atoms. The number of nitrogens with zero attached hydrogens (tertiary/aromatic N) is 4. The molecule has 4 amide bonds. The van der Waals surface area contributed by atoms with Crippen molar-refractivity contribution < 1.29 is 47.7 Å². The van der Waals surface area contributed by atoms with Crippen LogP contribution in [0.2, 0.25) is 0 Å². The Morgan fingerprint density at radius 2 is 1.39 bits per heavy atom. The molecule has 0 spiro atoms. The molecule has 1 saturated heterocycles. The zero-order chi connectivity index (χ0) is 34.2. The van der Waals surface area contributed by atoms with Crippen molar-refractivity contribution in [3.63, 3.8) is 0 Å². The standard InChI is InChI=1S/C28H34N7O11/c1-28(2,3)46-25(37)32-13-12-22(15-32)35(23(36)14-31-24(29)30,26(38)44-16-18-4-8-20(9-5-18)33(40)41)27(39)45-17-19-6-10-21(11-7-19)34(42)43/h4-11,22H,12-17H2,1-3H3,(H4,29,30,31)/q+1/t22-/m0/s1. The van der Waals surface area contributed by atoms with Crippen LogP contribution in [0.3, 0.4) is 0 Å². The first-order valence-corrected chi connectivity index (χ1v) is 13.8. The van der Waals surface area contributed by atoms with Gasteiger partial charge < -0.3 is 30.2 Å².